The van der Waals surface area contributed by atoms with Crippen LogP contribution in [-0.2, 0) is 0 Å². The quantitative estimate of drug-likeness (QED) is 0.261. The molecule has 0 aliphatic rings. The standard InChI is InChI=1S/C32H20N2S/c1-4-17-31-26(12-1)27-14-7-13-25(32(27)35-31)23-10-5-8-21(18-23)22-9-6-11-24(19-22)30-20-33-28-15-2-3-16-29(28)34-30/h1-20H. The Kier molecular flexibility index (Phi) is 4.68. The van der Waals surface area contributed by atoms with Crippen LogP contribution < -0.4 is 0 Å². The number of hydrogen-bond acceptors (Lipinski definition) is 3. The molecular formula is C32H20N2S. The molecule has 5 aromatic carbocycles. The zero-order valence-electron chi connectivity index (χ0n) is 18.8. The minimum Gasteiger partial charge on any atom is -0.252 e. The highest BCUT2D eigenvalue weighted by molar-refractivity contribution is 7.26. The highest BCUT2D eigenvalue weighted by Gasteiger charge is 2.11. The van der Waals surface area contributed by atoms with Gasteiger partial charge >= 0.3 is 0 Å². The van der Waals surface area contributed by atoms with E-state index in [9.17, 15) is 0 Å². The lowest BCUT2D eigenvalue weighted by Gasteiger charge is -2.09. The van der Waals surface area contributed by atoms with Crippen LogP contribution in [0.15, 0.2) is 121 Å². The topological polar surface area (TPSA) is 25.8 Å². The number of thiophene rings is 1. The van der Waals surface area contributed by atoms with Crippen LogP contribution in [0.1, 0.15) is 0 Å². The number of rotatable bonds is 3. The summed E-state index contributed by atoms with van der Waals surface area (Å²) in [5.41, 5.74) is 8.65. The van der Waals surface area contributed by atoms with Crippen molar-refractivity contribution < 1.29 is 0 Å². The largest absolute Gasteiger partial charge is 0.252 e. The molecule has 7 aromatic rings. The third-order valence-electron chi connectivity index (χ3n) is 6.52. The third kappa shape index (κ3) is 3.49. The number of fused-ring (bicyclic) bond motifs is 4. The van der Waals surface area contributed by atoms with E-state index in [0.717, 1.165) is 22.3 Å². The van der Waals surface area contributed by atoms with E-state index in [0.29, 0.717) is 0 Å². The Morgan fingerprint density at radius 1 is 0.514 bits per heavy atom. The first-order valence-electron chi connectivity index (χ1n) is 11.7. The van der Waals surface area contributed by atoms with E-state index in [4.69, 9.17) is 4.98 Å². The van der Waals surface area contributed by atoms with Gasteiger partial charge in [0.15, 0.2) is 0 Å². The van der Waals surface area contributed by atoms with Crippen molar-refractivity contribution in [2.75, 3.05) is 0 Å². The fourth-order valence-electron chi connectivity index (χ4n) is 4.80. The molecule has 0 saturated carbocycles. The second kappa shape index (κ2) is 8.15. The van der Waals surface area contributed by atoms with Gasteiger partial charge in [-0.2, -0.15) is 0 Å². The molecule has 0 atom stereocenters. The van der Waals surface area contributed by atoms with Crippen LogP contribution in [0.3, 0.4) is 0 Å². The maximum absolute atomic E-state index is 4.84. The first kappa shape index (κ1) is 20.1. The first-order valence-corrected chi connectivity index (χ1v) is 12.5. The maximum Gasteiger partial charge on any atom is 0.0894 e. The molecule has 3 heteroatoms. The van der Waals surface area contributed by atoms with Crippen molar-refractivity contribution in [1.82, 2.24) is 9.97 Å². The summed E-state index contributed by atoms with van der Waals surface area (Å²) in [6.07, 6.45) is 1.86. The van der Waals surface area contributed by atoms with Gasteiger partial charge in [-0.15, -0.1) is 11.3 Å². The second-order valence-electron chi connectivity index (χ2n) is 8.69. The van der Waals surface area contributed by atoms with Gasteiger partial charge in [0, 0.05) is 25.7 Å². The summed E-state index contributed by atoms with van der Waals surface area (Å²) < 4.78 is 2.67. The summed E-state index contributed by atoms with van der Waals surface area (Å²) in [6.45, 7) is 0. The van der Waals surface area contributed by atoms with Crippen molar-refractivity contribution in [3.05, 3.63) is 121 Å². The Labute approximate surface area is 207 Å². The summed E-state index contributed by atoms with van der Waals surface area (Å²) in [5, 5.41) is 2.65. The van der Waals surface area contributed by atoms with Gasteiger partial charge in [-0.3, -0.25) is 4.98 Å². The molecule has 0 N–H and O–H groups in total. The van der Waals surface area contributed by atoms with E-state index >= 15 is 0 Å². The van der Waals surface area contributed by atoms with E-state index in [2.05, 4.69) is 96.0 Å². The number of benzene rings is 5. The predicted octanol–water partition coefficient (Wildman–Crippen LogP) is 9.00. The van der Waals surface area contributed by atoms with Crippen LogP contribution in [-0.4, -0.2) is 9.97 Å². The van der Waals surface area contributed by atoms with Crippen LogP contribution in [0, 0.1) is 0 Å². The summed E-state index contributed by atoms with van der Waals surface area (Å²) in [7, 11) is 0. The van der Waals surface area contributed by atoms with Crippen LogP contribution in [0.4, 0.5) is 0 Å². The molecule has 0 radical (unpaired) electrons. The van der Waals surface area contributed by atoms with Gasteiger partial charge in [-0.1, -0.05) is 84.9 Å². The monoisotopic (exact) mass is 464 g/mol. The highest BCUT2D eigenvalue weighted by atomic mass is 32.1. The van der Waals surface area contributed by atoms with E-state index < -0.39 is 0 Å². The molecule has 0 saturated heterocycles. The average Bonchev–Trinajstić information content (AvgIpc) is 3.32. The molecule has 0 amide bonds. The van der Waals surface area contributed by atoms with E-state index in [1.54, 1.807) is 0 Å². The van der Waals surface area contributed by atoms with Gasteiger partial charge in [0.25, 0.3) is 0 Å². The zero-order chi connectivity index (χ0) is 23.2. The molecule has 0 spiro atoms. The molecule has 2 nitrogen and oxygen atoms in total. The van der Waals surface area contributed by atoms with Crippen LogP contribution in [0.25, 0.3) is 64.7 Å². The SMILES string of the molecule is c1cc(-c2cccc(-c3cccc4c3sc3ccccc34)c2)cc(-c2cnc3ccccc3n2)c1. The van der Waals surface area contributed by atoms with Crippen molar-refractivity contribution in [3.63, 3.8) is 0 Å². The molecule has 35 heavy (non-hydrogen) atoms. The number of nitrogens with zero attached hydrogens (tertiary/aromatic N) is 2. The minimum atomic E-state index is 0.886. The molecule has 0 bridgehead atoms. The van der Waals surface area contributed by atoms with Crippen molar-refractivity contribution >= 4 is 42.5 Å². The van der Waals surface area contributed by atoms with Crippen molar-refractivity contribution in [1.29, 1.82) is 0 Å². The van der Waals surface area contributed by atoms with Gasteiger partial charge in [0.2, 0.25) is 0 Å². The van der Waals surface area contributed by atoms with Gasteiger partial charge in [-0.05, 0) is 52.6 Å². The Balaban J connectivity index is 1.32. The predicted molar refractivity (Wildman–Crippen MR) is 149 cm³/mol. The molecular weight excluding hydrogens is 444 g/mol. The van der Waals surface area contributed by atoms with Crippen molar-refractivity contribution in [3.8, 4) is 33.5 Å². The van der Waals surface area contributed by atoms with Crippen molar-refractivity contribution in [2.24, 2.45) is 0 Å². The summed E-state index contributed by atoms with van der Waals surface area (Å²) >= 11 is 1.87. The highest BCUT2D eigenvalue weighted by Crippen LogP contribution is 2.40. The number of para-hydroxylation sites is 2. The summed E-state index contributed by atoms with van der Waals surface area (Å²) in [4.78, 5) is 9.44. The normalized spacial score (nSPS) is 11.4. The van der Waals surface area contributed by atoms with Crippen LogP contribution in [0.2, 0.25) is 0 Å². The Morgan fingerprint density at radius 2 is 1.17 bits per heavy atom. The van der Waals surface area contributed by atoms with Gasteiger partial charge < -0.3 is 0 Å². The molecule has 0 unspecified atom stereocenters. The van der Waals surface area contributed by atoms with Crippen LogP contribution in [0.5, 0.6) is 0 Å². The maximum atomic E-state index is 4.84. The molecule has 2 aromatic heterocycles. The summed E-state index contributed by atoms with van der Waals surface area (Å²) in [6, 6.07) is 40.7. The Morgan fingerprint density at radius 3 is 2.06 bits per heavy atom. The van der Waals surface area contributed by atoms with Gasteiger partial charge in [0.05, 0.1) is 22.9 Å². The lowest BCUT2D eigenvalue weighted by atomic mass is 9.96. The second-order valence-corrected chi connectivity index (χ2v) is 9.74. The first-order chi connectivity index (χ1) is 17.3. The zero-order valence-corrected chi connectivity index (χ0v) is 19.7. The fourth-order valence-corrected chi connectivity index (χ4v) is 6.03. The molecule has 164 valence electrons. The number of hydrogen-bond donors (Lipinski definition) is 0. The van der Waals surface area contributed by atoms with Crippen LogP contribution >= 0.6 is 11.3 Å². The van der Waals surface area contributed by atoms with E-state index in [1.807, 2.05) is 41.8 Å². The minimum absolute atomic E-state index is 0.886. The molecule has 0 fully saturated rings. The number of aromatic nitrogens is 2. The lowest BCUT2D eigenvalue weighted by Crippen LogP contribution is -1.89. The van der Waals surface area contributed by atoms with E-state index in [1.165, 1.54) is 42.4 Å². The smallest absolute Gasteiger partial charge is 0.0894 e. The molecule has 2 heterocycles. The van der Waals surface area contributed by atoms with Crippen molar-refractivity contribution in [2.45, 2.75) is 0 Å². The van der Waals surface area contributed by atoms with Gasteiger partial charge in [0.1, 0.15) is 0 Å². The Bertz CT molecular complexity index is 1870. The molecule has 7 rings (SSSR count). The Hall–Kier alpha value is -4.34. The fraction of sp³-hybridized carbons (Fsp3) is 0. The third-order valence-corrected chi connectivity index (χ3v) is 7.74. The molecule has 0 aliphatic carbocycles. The summed E-state index contributed by atoms with van der Waals surface area (Å²) in [5.74, 6) is 0. The van der Waals surface area contributed by atoms with Gasteiger partial charge in [-0.25, -0.2) is 4.98 Å². The van der Waals surface area contributed by atoms with E-state index in [-0.39, 0.29) is 0 Å². The molecule has 0 aliphatic heterocycles. The average molecular weight is 465 g/mol. The lowest BCUT2D eigenvalue weighted by molar-refractivity contribution is 1.29.